The zero-order valence-corrected chi connectivity index (χ0v) is 18.4. The van der Waals surface area contributed by atoms with E-state index in [1.807, 2.05) is 13.8 Å². The number of carbonyl (C=O) groups is 1. The van der Waals surface area contributed by atoms with Gasteiger partial charge in [-0.2, -0.15) is 0 Å². The maximum atomic E-state index is 13.6. The molecule has 0 amide bonds. The quantitative estimate of drug-likeness (QED) is 0.440. The first-order valence-electron chi connectivity index (χ1n) is 10.5. The lowest BCUT2D eigenvalue weighted by atomic mass is 9.90. The third-order valence-corrected chi connectivity index (χ3v) is 4.72. The Labute approximate surface area is 174 Å². The van der Waals surface area contributed by atoms with Gasteiger partial charge in [0.1, 0.15) is 5.82 Å². The molecule has 0 aliphatic rings. The number of halogens is 1. The molecular formula is C25H32FNO2. The summed E-state index contributed by atoms with van der Waals surface area (Å²) in [4.78, 5) is 17.2. The number of carbonyl (C=O) groups excluding carboxylic acids is 1. The lowest BCUT2D eigenvalue weighted by Gasteiger charge is -2.23. The average Bonchev–Trinajstić information content (AvgIpc) is 2.68. The summed E-state index contributed by atoms with van der Waals surface area (Å²) in [6, 6.07) is 6.34. The van der Waals surface area contributed by atoms with Gasteiger partial charge in [-0.15, -0.1) is 0 Å². The molecule has 2 aromatic rings. The van der Waals surface area contributed by atoms with Crippen molar-refractivity contribution in [3.8, 4) is 16.9 Å². The summed E-state index contributed by atoms with van der Waals surface area (Å²) in [6.07, 6.45) is 6.44. The van der Waals surface area contributed by atoms with Crippen molar-refractivity contribution in [3.63, 3.8) is 0 Å². The van der Waals surface area contributed by atoms with Crippen LogP contribution in [-0.2, 0) is 4.79 Å². The van der Waals surface area contributed by atoms with Gasteiger partial charge in [-0.1, -0.05) is 72.2 Å². The molecule has 29 heavy (non-hydrogen) atoms. The first kappa shape index (κ1) is 22.8. The largest absolute Gasteiger partial charge is 0.424 e. The van der Waals surface area contributed by atoms with Gasteiger partial charge in [0.2, 0.25) is 0 Å². The molecule has 1 aromatic heterocycles. The van der Waals surface area contributed by atoms with E-state index in [1.165, 1.54) is 12.1 Å². The molecule has 0 N–H and O–H groups in total. The normalized spacial score (nSPS) is 11.6. The maximum absolute atomic E-state index is 13.6. The molecule has 0 spiro atoms. The Balaban J connectivity index is 2.92. The number of pyridine rings is 1. The van der Waals surface area contributed by atoms with Crippen molar-refractivity contribution >= 4 is 12.0 Å². The topological polar surface area (TPSA) is 39.2 Å². The van der Waals surface area contributed by atoms with E-state index in [4.69, 9.17) is 9.72 Å². The molecule has 3 nitrogen and oxygen atoms in total. The smallest absolute Gasteiger partial charge is 0.310 e. The van der Waals surface area contributed by atoms with Crippen LogP contribution in [0.5, 0.6) is 5.75 Å². The summed E-state index contributed by atoms with van der Waals surface area (Å²) in [5.74, 6) is 0.131. The zero-order valence-electron chi connectivity index (χ0n) is 18.4. The molecule has 0 radical (unpaired) electrons. The Kier molecular flexibility index (Phi) is 8.12. The van der Waals surface area contributed by atoms with Gasteiger partial charge in [0, 0.05) is 17.5 Å². The molecule has 4 heteroatoms. The van der Waals surface area contributed by atoms with E-state index >= 15 is 0 Å². The van der Waals surface area contributed by atoms with Gasteiger partial charge in [-0.25, -0.2) is 4.39 Å². The molecule has 0 atom stereocenters. The SMILES string of the molecule is CCCC=Cc1c(C(C)C)nc(C(C)C)c(OC(=O)CC)c1-c1ccc(F)cc1. The van der Waals surface area contributed by atoms with Gasteiger partial charge in [0.05, 0.1) is 11.4 Å². The minimum atomic E-state index is -0.308. The van der Waals surface area contributed by atoms with Gasteiger partial charge in [-0.3, -0.25) is 9.78 Å². The van der Waals surface area contributed by atoms with Crippen LogP contribution < -0.4 is 4.74 Å². The number of esters is 1. The van der Waals surface area contributed by atoms with Crippen molar-refractivity contribution in [2.45, 2.75) is 72.6 Å². The number of unbranched alkanes of at least 4 members (excludes halogenated alkanes) is 1. The van der Waals surface area contributed by atoms with Crippen LogP contribution in [0.1, 0.15) is 89.6 Å². The van der Waals surface area contributed by atoms with E-state index in [9.17, 15) is 9.18 Å². The van der Waals surface area contributed by atoms with E-state index in [1.54, 1.807) is 19.1 Å². The summed E-state index contributed by atoms with van der Waals surface area (Å²) in [7, 11) is 0. The van der Waals surface area contributed by atoms with Crippen molar-refractivity contribution < 1.29 is 13.9 Å². The van der Waals surface area contributed by atoms with Crippen molar-refractivity contribution in [1.82, 2.24) is 4.98 Å². The second kappa shape index (κ2) is 10.3. The van der Waals surface area contributed by atoms with Crippen molar-refractivity contribution in [3.05, 3.63) is 53.1 Å². The van der Waals surface area contributed by atoms with Crippen LogP contribution in [0.3, 0.4) is 0 Å². The van der Waals surface area contributed by atoms with E-state index in [2.05, 4.69) is 32.9 Å². The molecule has 0 saturated heterocycles. The first-order chi connectivity index (χ1) is 13.8. The predicted molar refractivity (Wildman–Crippen MR) is 118 cm³/mol. The lowest BCUT2D eigenvalue weighted by molar-refractivity contribution is -0.134. The van der Waals surface area contributed by atoms with Crippen LogP contribution in [0, 0.1) is 5.82 Å². The lowest BCUT2D eigenvalue weighted by Crippen LogP contribution is -2.13. The van der Waals surface area contributed by atoms with Crippen molar-refractivity contribution in [2.24, 2.45) is 0 Å². The van der Waals surface area contributed by atoms with Crippen LogP contribution in [0.2, 0.25) is 0 Å². The van der Waals surface area contributed by atoms with E-state index in [-0.39, 0.29) is 30.0 Å². The molecule has 0 bridgehead atoms. The summed E-state index contributed by atoms with van der Waals surface area (Å²) < 4.78 is 19.4. The summed E-state index contributed by atoms with van der Waals surface area (Å²) in [5, 5.41) is 0. The molecule has 0 aliphatic heterocycles. The summed E-state index contributed by atoms with van der Waals surface area (Å²) >= 11 is 0. The van der Waals surface area contributed by atoms with E-state index in [0.29, 0.717) is 5.75 Å². The fourth-order valence-electron chi connectivity index (χ4n) is 3.18. The molecule has 1 heterocycles. The van der Waals surface area contributed by atoms with Gasteiger partial charge in [-0.05, 0) is 36.0 Å². The minimum Gasteiger partial charge on any atom is -0.424 e. The predicted octanol–water partition coefficient (Wildman–Crippen LogP) is 7.26. The Morgan fingerprint density at radius 1 is 1.07 bits per heavy atom. The summed E-state index contributed by atoms with van der Waals surface area (Å²) in [6.45, 7) is 12.2. The van der Waals surface area contributed by atoms with Crippen LogP contribution in [0.25, 0.3) is 17.2 Å². The molecule has 1 aromatic carbocycles. The minimum absolute atomic E-state index is 0.0695. The third kappa shape index (κ3) is 5.53. The standard InChI is InChI=1S/C25H32FNO2/c1-7-9-10-11-20-22(18-12-14-19(26)15-13-18)25(29-21(28)8-2)24(17(5)6)27-23(20)16(3)4/h10-17H,7-9H2,1-6H3. The molecule has 156 valence electrons. The number of allylic oxidation sites excluding steroid dienone is 1. The Hall–Kier alpha value is -2.49. The highest BCUT2D eigenvalue weighted by Gasteiger charge is 2.25. The van der Waals surface area contributed by atoms with Crippen LogP contribution in [0.15, 0.2) is 30.3 Å². The van der Waals surface area contributed by atoms with E-state index in [0.717, 1.165) is 40.9 Å². The zero-order chi connectivity index (χ0) is 21.6. The molecule has 2 rings (SSSR count). The first-order valence-corrected chi connectivity index (χ1v) is 10.5. The van der Waals surface area contributed by atoms with Crippen molar-refractivity contribution in [2.75, 3.05) is 0 Å². The third-order valence-electron chi connectivity index (χ3n) is 4.72. The highest BCUT2D eigenvalue weighted by atomic mass is 19.1. The maximum Gasteiger partial charge on any atom is 0.310 e. The fraction of sp³-hybridized carbons (Fsp3) is 0.440. The Morgan fingerprint density at radius 3 is 2.21 bits per heavy atom. The Morgan fingerprint density at radius 2 is 1.69 bits per heavy atom. The number of nitrogens with zero attached hydrogens (tertiary/aromatic N) is 1. The number of hydrogen-bond acceptors (Lipinski definition) is 3. The highest BCUT2D eigenvalue weighted by Crippen LogP contribution is 2.42. The van der Waals surface area contributed by atoms with E-state index < -0.39 is 0 Å². The van der Waals surface area contributed by atoms with Gasteiger partial charge in [0.15, 0.2) is 5.75 Å². The Bertz CT molecular complexity index is 867. The molecule has 0 aliphatic carbocycles. The number of hydrogen-bond donors (Lipinski definition) is 0. The molecular weight excluding hydrogens is 365 g/mol. The van der Waals surface area contributed by atoms with Crippen molar-refractivity contribution in [1.29, 1.82) is 0 Å². The number of aromatic nitrogens is 1. The molecule has 0 fully saturated rings. The van der Waals surface area contributed by atoms with Gasteiger partial charge < -0.3 is 4.74 Å². The molecule has 0 saturated carbocycles. The average molecular weight is 398 g/mol. The number of ether oxygens (including phenoxy) is 1. The number of benzene rings is 1. The van der Waals surface area contributed by atoms with Gasteiger partial charge >= 0.3 is 5.97 Å². The van der Waals surface area contributed by atoms with Gasteiger partial charge in [0.25, 0.3) is 0 Å². The van der Waals surface area contributed by atoms with Crippen LogP contribution in [0.4, 0.5) is 4.39 Å². The monoisotopic (exact) mass is 397 g/mol. The van der Waals surface area contributed by atoms with Crippen LogP contribution >= 0.6 is 0 Å². The van der Waals surface area contributed by atoms with Crippen LogP contribution in [-0.4, -0.2) is 11.0 Å². The fourth-order valence-corrected chi connectivity index (χ4v) is 3.18. The highest BCUT2D eigenvalue weighted by molar-refractivity contribution is 5.85. The second-order valence-corrected chi connectivity index (χ2v) is 7.84. The summed E-state index contributed by atoms with van der Waals surface area (Å²) in [5.41, 5.74) is 4.26. The molecule has 0 unspecified atom stereocenters. The number of rotatable bonds is 8. The second-order valence-electron chi connectivity index (χ2n) is 7.84.